The summed E-state index contributed by atoms with van der Waals surface area (Å²) in [5.41, 5.74) is 1.58. The van der Waals surface area contributed by atoms with Crippen molar-refractivity contribution < 1.29 is 0 Å². The van der Waals surface area contributed by atoms with Crippen LogP contribution in [-0.4, -0.2) is 29.1 Å². The summed E-state index contributed by atoms with van der Waals surface area (Å²) in [5.74, 6) is 2.43. The zero-order valence-electron chi connectivity index (χ0n) is 13.2. The van der Waals surface area contributed by atoms with Crippen molar-refractivity contribution in [2.75, 3.05) is 23.3 Å². The Kier molecular flexibility index (Phi) is 3.99. The molecular weight excluding hydrogens is 322 g/mol. The summed E-state index contributed by atoms with van der Waals surface area (Å²) in [7, 11) is 0. The van der Waals surface area contributed by atoms with Gasteiger partial charge in [-0.05, 0) is 43.5 Å². The second kappa shape index (κ2) is 6.29. The molecule has 5 nitrogen and oxygen atoms in total. The highest BCUT2D eigenvalue weighted by atomic mass is 35.5. The van der Waals surface area contributed by atoms with E-state index in [1.165, 1.54) is 12.8 Å². The van der Waals surface area contributed by atoms with Gasteiger partial charge in [-0.1, -0.05) is 11.6 Å². The van der Waals surface area contributed by atoms with E-state index in [4.69, 9.17) is 16.9 Å². The van der Waals surface area contributed by atoms with E-state index < -0.39 is 0 Å². The minimum atomic E-state index is 0.332. The molecule has 1 saturated carbocycles. The quantitative estimate of drug-likeness (QED) is 0.922. The summed E-state index contributed by atoms with van der Waals surface area (Å²) in [5, 5.41) is 13.1. The number of aromatic nitrogens is 2. The lowest BCUT2D eigenvalue weighted by Gasteiger charge is -2.20. The monoisotopic (exact) mass is 339 g/mol. The van der Waals surface area contributed by atoms with Gasteiger partial charge in [-0.25, -0.2) is 9.97 Å². The van der Waals surface area contributed by atoms with E-state index in [0.717, 1.165) is 36.8 Å². The lowest BCUT2D eigenvalue weighted by Crippen LogP contribution is -2.26. The molecule has 1 unspecified atom stereocenters. The van der Waals surface area contributed by atoms with E-state index in [-0.39, 0.29) is 0 Å². The summed E-state index contributed by atoms with van der Waals surface area (Å²) in [4.78, 5) is 11.2. The van der Waals surface area contributed by atoms with E-state index in [1.54, 1.807) is 6.07 Å². The summed E-state index contributed by atoms with van der Waals surface area (Å²) in [6.07, 6.45) is 5.28. The zero-order valence-corrected chi connectivity index (χ0v) is 14.0. The van der Waals surface area contributed by atoms with E-state index in [1.807, 2.05) is 24.4 Å². The average Bonchev–Trinajstić information content (AvgIpc) is 3.35. The summed E-state index contributed by atoms with van der Waals surface area (Å²) >= 11 is 6.32. The number of rotatable bonds is 4. The van der Waals surface area contributed by atoms with Gasteiger partial charge < -0.3 is 10.2 Å². The number of hydrogen-bond acceptors (Lipinski definition) is 5. The molecule has 2 aliphatic rings. The van der Waals surface area contributed by atoms with Crippen LogP contribution in [0.5, 0.6) is 0 Å². The van der Waals surface area contributed by atoms with Gasteiger partial charge >= 0.3 is 0 Å². The average molecular weight is 340 g/mol. The first-order chi connectivity index (χ1) is 11.7. The second-order valence-electron chi connectivity index (χ2n) is 6.43. The van der Waals surface area contributed by atoms with Gasteiger partial charge in [0.2, 0.25) is 0 Å². The molecule has 122 valence electrons. The lowest BCUT2D eigenvalue weighted by molar-refractivity contribution is 0.793. The predicted octanol–water partition coefficient (Wildman–Crippen LogP) is 3.57. The number of nitrogens with zero attached hydrogens (tertiary/aromatic N) is 4. The van der Waals surface area contributed by atoms with Crippen LogP contribution in [0.25, 0.3) is 0 Å². The Labute approximate surface area is 146 Å². The van der Waals surface area contributed by atoms with Crippen molar-refractivity contribution in [2.24, 2.45) is 0 Å². The Morgan fingerprint density at radius 2 is 2.12 bits per heavy atom. The number of nitrogens with one attached hydrogen (secondary N) is 1. The Morgan fingerprint density at radius 1 is 1.25 bits per heavy atom. The fraction of sp³-hybridized carbons (Fsp3) is 0.389. The van der Waals surface area contributed by atoms with Crippen molar-refractivity contribution in [1.82, 2.24) is 9.97 Å². The fourth-order valence-corrected chi connectivity index (χ4v) is 3.43. The Balaban J connectivity index is 1.43. The molecule has 1 aliphatic heterocycles. The van der Waals surface area contributed by atoms with Gasteiger partial charge in [0.05, 0.1) is 22.3 Å². The minimum absolute atomic E-state index is 0.332. The van der Waals surface area contributed by atoms with E-state index in [0.29, 0.717) is 22.5 Å². The van der Waals surface area contributed by atoms with Crippen LogP contribution < -0.4 is 10.2 Å². The molecule has 1 N–H and O–H groups in total. The fourth-order valence-electron chi connectivity index (χ4n) is 3.13. The normalized spacial score (nSPS) is 20.0. The first-order valence-electron chi connectivity index (χ1n) is 8.27. The highest BCUT2D eigenvalue weighted by Gasteiger charge is 2.28. The number of halogens is 1. The van der Waals surface area contributed by atoms with Gasteiger partial charge in [0.1, 0.15) is 11.6 Å². The van der Waals surface area contributed by atoms with Crippen molar-refractivity contribution in [3.63, 3.8) is 0 Å². The Morgan fingerprint density at radius 3 is 2.88 bits per heavy atom. The third-order valence-corrected chi connectivity index (χ3v) is 4.88. The van der Waals surface area contributed by atoms with Gasteiger partial charge in [-0.15, -0.1) is 0 Å². The summed E-state index contributed by atoms with van der Waals surface area (Å²) < 4.78 is 0. The van der Waals surface area contributed by atoms with E-state index in [9.17, 15) is 0 Å². The molecule has 1 saturated heterocycles. The maximum absolute atomic E-state index is 8.95. The molecule has 0 bridgehead atoms. The van der Waals surface area contributed by atoms with Gasteiger partial charge in [0.25, 0.3) is 0 Å². The van der Waals surface area contributed by atoms with Crippen LogP contribution in [0, 0.1) is 11.3 Å². The van der Waals surface area contributed by atoms with Crippen molar-refractivity contribution >= 4 is 23.1 Å². The molecule has 1 aromatic heterocycles. The van der Waals surface area contributed by atoms with Crippen LogP contribution in [0.1, 0.15) is 36.6 Å². The van der Waals surface area contributed by atoms with E-state index >= 15 is 0 Å². The van der Waals surface area contributed by atoms with Crippen LogP contribution in [0.4, 0.5) is 11.5 Å². The number of benzene rings is 1. The minimum Gasteiger partial charge on any atom is -0.368 e. The molecule has 4 rings (SSSR count). The standard InChI is InChI=1S/C18H18ClN5/c19-15-9-12(10-20)1-4-16(15)24-8-6-14(11-24)22-17-5-7-21-18(23-17)13-2-3-13/h1,4-5,7,9,13-14H,2-3,6,8,11H2,(H,21,22,23). The lowest BCUT2D eigenvalue weighted by atomic mass is 10.2. The number of hydrogen-bond donors (Lipinski definition) is 1. The third-order valence-electron chi connectivity index (χ3n) is 4.57. The molecule has 0 radical (unpaired) electrons. The second-order valence-corrected chi connectivity index (χ2v) is 6.84. The molecule has 6 heteroatoms. The van der Waals surface area contributed by atoms with Crippen LogP contribution >= 0.6 is 11.6 Å². The molecule has 24 heavy (non-hydrogen) atoms. The van der Waals surface area contributed by atoms with Crippen LogP contribution in [-0.2, 0) is 0 Å². The van der Waals surface area contributed by atoms with Gasteiger partial charge in [-0.2, -0.15) is 5.26 Å². The predicted molar refractivity (Wildman–Crippen MR) is 94.4 cm³/mol. The Bertz CT molecular complexity index is 796. The molecular formula is C18H18ClN5. The van der Waals surface area contributed by atoms with Crippen molar-refractivity contribution in [3.05, 3.63) is 46.9 Å². The molecule has 0 spiro atoms. The highest BCUT2D eigenvalue weighted by molar-refractivity contribution is 6.33. The number of nitriles is 1. The van der Waals surface area contributed by atoms with Crippen molar-refractivity contribution in [1.29, 1.82) is 5.26 Å². The molecule has 2 heterocycles. The SMILES string of the molecule is N#Cc1ccc(N2CCC(Nc3ccnc(C4CC4)n3)C2)c(Cl)c1. The van der Waals surface area contributed by atoms with Crippen molar-refractivity contribution in [2.45, 2.75) is 31.2 Å². The summed E-state index contributed by atoms with van der Waals surface area (Å²) in [6, 6.07) is 9.85. The van der Waals surface area contributed by atoms with E-state index in [2.05, 4.69) is 26.3 Å². The Hall–Kier alpha value is -2.32. The first kappa shape index (κ1) is 15.2. The summed E-state index contributed by atoms with van der Waals surface area (Å²) in [6.45, 7) is 1.80. The maximum atomic E-state index is 8.95. The smallest absolute Gasteiger partial charge is 0.133 e. The first-order valence-corrected chi connectivity index (χ1v) is 8.65. The van der Waals surface area contributed by atoms with Crippen molar-refractivity contribution in [3.8, 4) is 6.07 Å². The van der Waals surface area contributed by atoms with Crippen LogP contribution in [0.15, 0.2) is 30.5 Å². The topological polar surface area (TPSA) is 64.8 Å². The molecule has 0 amide bonds. The third kappa shape index (κ3) is 3.15. The van der Waals surface area contributed by atoms with Gasteiger partial charge in [-0.3, -0.25) is 0 Å². The molecule has 1 aromatic carbocycles. The molecule has 1 atom stereocenters. The maximum Gasteiger partial charge on any atom is 0.133 e. The highest BCUT2D eigenvalue weighted by Crippen LogP contribution is 2.38. The zero-order chi connectivity index (χ0) is 16.5. The molecule has 2 fully saturated rings. The van der Waals surface area contributed by atoms with Crippen LogP contribution in [0.2, 0.25) is 5.02 Å². The largest absolute Gasteiger partial charge is 0.368 e. The van der Waals surface area contributed by atoms with Gasteiger partial charge in [0, 0.05) is 31.2 Å². The van der Waals surface area contributed by atoms with Crippen LogP contribution in [0.3, 0.4) is 0 Å². The van der Waals surface area contributed by atoms with Gasteiger partial charge in [0.15, 0.2) is 0 Å². The molecule has 1 aliphatic carbocycles. The number of anilines is 2. The molecule has 2 aromatic rings.